The van der Waals surface area contributed by atoms with Crippen LogP contribution in [0.1, 0.15) is 156 Å². The normalized spacial score (nSPS) is 29.6. The van der Waals surface area contributed by atoms with Crippen LogP contribution >= 0.6 is 11.6 Å². The van der Waals surface area contributed by atoms with Gasteiger partial charge < -0.3 is 46.6 Å². The van der Waals surface area contributed by atoms with Gasteiger partial charge in [0.15, 0.2) is 0 Å². The highest BCUT2D eigenvalue weighted by atomic mass is 35.5. The van der Waals surface area contributed by atoms with Crippen LogP contribution in [0.5, 0.6) is 0 Å². The third kappa shape index (κ3) is 18.3. The molecule has 0 radical (unpaired) electrons. The maximum absolute atomic E-state index is 13.6. The van der Waals surface area contributed by atoms with Gasteiger partial charge in [-0.1, -0.05) is 101 Å². The highest BCUT2D eigenvalue weighted by molar-refractivity contribution is 6.31. The van der Waals surface area contributed by atoms with E-state index in [4.69, 9.17) is 16.6 Å². The first-order chi connectivity index (χ1) is 38.7. The van der Waals surface area contributed by atoms with Crippen LogP contribution in [0.3, 0.4) is 0 Å². The highest BCUT2D eigenvalue weighted by Crippen LogP contribution is 2.40. The molecule has 1 spiro atoms. The first kappa shape index (κ1) is 64.7. The summed E-state index contributed by atoms with van der Waals surface area (Å²) >= 11 is 6.19. The van der Waals surface area contributed by atoms with Crippen molar-refractivity contribution in [3.63, 3.8) is 0 Å². The van der Waals surface area contributed by atoms with Gasteiger partial charge in [-0.05, 0) is 140 Å². The van der Waals surface area contributed by atoms with E-state index in [0.717, 1.165) is 93.0 Å². The van der Waals surface area contributed by atoms with Crippen LogP contribution in [0, 0.1) is 17.8 Å². The zero-order chi connectivity index (χ0) is 58.3. The Balaban J connectivity index is 1.16. The molecule has 11 nitrogen and oxygen atoms in total. The van der Waals surface area contributed by atoms with Crippen molar-refractivity contribution in [2.45, 2.75) is 212 Å². The van der Waals surface area contributed by atoms with Crippen molar-refractivity contribution in [1.82, 2.24) is 51.5 Å². The van der Waals surface area contributed by atoms with Crippen molar-refractivity contribution < 1.29 is 13.2 Å². The summed E-state index contributed by atoms with van der Waals surface area (Å²) in [6.45, 7) is 27.8. The number of alkyl halides is 3. The number of hydrogen-bond acceptors (Lipinski definition) is 11. The van der Waals surface area contributed by atoms with Crippen LogP contribution in [0.4, 0.5) is 13.2 Å². The van der Waals surface area contributed by atoms with Crippen LogP contribution in [0.25, 0.3) is 0 Å². The lowest BCUT2D eigenvalue weighted by molar-refractivity contribution is -0.137. The van der Waals surface area contributed by atoms with Crippen LogP contribution in [-0.2, 0) is 19.0 Å². The van der Waals surface area contributed by atoms with E-state index in [1.54, 1.807) is 0 Å². The van der Waals surface area contributed by atoms with Gasteiger partial charge in [-0.2, -0.15) is 13.2 Å². The number of benzene rings is 2. The molecule has 81 heavy (non-hydrogen) atoms. The first-order valence-corrected chi connectivity index (χ1v) is 31.8. The van der Waals surface area contributed by atoms with E-state index in [1.807, 2.05) is 18.5 Å². The SMILES string of the molecule is CC[C@H](C)[C@H]1CN[C@@H](C)C(C)NCC2[C@H](C)CN2[C@@H](C2CCCC2)C(C)NC2(CCCC2)CNCCN=CC=C(CCc2ccc(C(F)(F)F)c(Cl)c2)NC=C(C)N(C)C=C(Cc2ccccc2)N(C)C=C2CCCN2[C@@H](C)C(C)N1. The Morgan fingerprint density at radius 3 is 2.22 bits per heavy atom. The molecule has 15 heteroatoms. The minimum absolute atomic E-state index is 0.0604. The summed E-state index contributed by atoms with van der Waals surface area (Å²) < 4.78 is 40.9. The maximum atomic E-state index is 13.6. The Kier molecular flexibility index (Phi) is 24.6. The molecule has 2 aromatic carbocycles. The monoisotopic (exact) mass is 1140 g/mol. The summed E-state index contributed by atoms with van der Waals surface area (Å²) in [5.74, 6) is 1.90. The fraction of sp³-hybridized carbons (Fsp3) is 0.682. The standard InChI is InChI=1S/C66H105ClF3N11/c1-12-46(2)62-40-73-49(5)50(6)74-41-63-47(3)42-81(63)64(56-23-16-17-24-56)52(8)77-65(31-18-19-32-65)45-72-35-34-71-33-30-57(28-26-55-27-29-60(61(67)38-55)66(68,69)70)75-39-48(4)78(10)44-59(37-54-21-14-13-15-22-54)79(11)43-58-25-20-36-80(58)53(9)51(7)76-62/h13-15,21-22,27,29-30,33,38-39,43-44,46-47,49-53,56,62-64,72-77H,12,16-20,23-26,28,31-32,34-37,40-42,45H2,1-11H3/t46-,47+,49-,50?,51?,52?,53-,62+,63?,64+/m0/s1. The van der Waals surface area contributed by atoms with Crippen LogP contribution in [0.15, 0.2) is 101 Å². The predicted octanol–water partition coefficient (Wildman–Crippen LogP) is 12.1. The summed E-state index contributed by atoms with van der Waals surface area (Å²) in [6.07, 6.45) is 21.2. The van der Waals surface area contributed by atoms with Gasteiger partial charge in [0.1, 0.15) is 0 Å². The molecule has 0 bridgehead atoms. The Hall–Kier alpha value is -3.89. The molecule has 2 aromatic rings. The molecule has 452 valence electrons. The third-order valence-corrected chi connectivity index (χ3v) is 19.7. The average molecular weight is 1150 g/mol. The number of aryl methyl sites for hydroxylation is 1. The number of likely N-dealkylation sites (N-methyl/N-ethyl adjacent to an activating group) is 1. The molecular weight excluding hydrogens is 1040 g/mol. The van der Waals surface area contributed by atoms with Crippen molar-refractivity contribution in [2.24, 2.45) is 22.7 Å². The fourth-order valence-electron chi connectivity index (χ4n) is 13.6. The van der Waals surface area contributed by atoms with Crippen molar-refractivity contribution in [2.75, 3.05) is 59.9 Å². The van der Waals surface area contributed by atoms with Crippen LogP contribution in [-0.4, -0.2) is 140 Å². The summed E-state index contributed by atoms with van der Waals surface area (Å²) in [5.41, 5.74) is 5.60. The van der Waals surface area contributed by atoms with Gasteiger partial charge in [0.25, 0.3) is 0 Å². The molecular formula is C66H105ClF3N11. The number of halogens is 4. The van der Waals surface area contributed by atoms with Gasteiger partial charge >= 0.3 is 6.18 Å². The number of aliphatic imine (C=N–C) groups is 1. The lowest BCUT2D eigenvalue weighted by Crippen LogP contribution is -2.70. The van der Waals surface area contributed by atoms with Gasteiger partial charge in [0, 0.05) is 161 Å². The van der Waals surface area contributed by atoms with Crippen LogP contribution < -0.4 is 31.9 Å². The largest absolute Gasteiger partial charge is 0.417 e. The second-order valence-corrected chi connectivity index (χ2v) is 25.8. The van der Waals surface area contributed by atoms with E-state index < -0.39 is 11.7 Å². The van der Waals surface area contributed by atoms with Gasteiger partial charge in [-0.3, -0.25) is 9.89 Å². The molecule has 3 heterocycles. The molecule has 2 saturated heterocycles. The molecule has 5 aliphatic rings. The predicted molar refractivity (Wildman–Crippen MR) is 333 cm³/mol. The smallest absolute Gasteiger partial charge is 0.369 e. The second kappa shape index (κ2) is 30.8. The van der Waals surface area contributed by atoms with Gasteiger partial charge in [0.05, 0.1) is 17.1 Å². The van der Waals surface area contributed by atoms with Gasteiger partial charge in [-0.25, -0.2) is 0 Å². The summed E-state index contributed by atoms with van der Waals surface area (Å²) in [5, 5.41) is 23.7. The quantitative estimate of drug-likeness (QED) is 0.153. The first-order valence-electron chi connectivity index (χ1n) is 31.4. The molecule has 0 amide bonds. The van der Waals surface area contributed by atoms with Crippen LogP contribution in [0.2, 0.25) is 5.02 Å². The number of hydrogen-bond donors (Lipinski definition) is 6. The minimum atomic E-state index is -4.51. The Morgan fingerprint density at radius 1 is 0.827 bits per heavy atom. The molecule has 3 aliphatic heterocycles. The van der Waals surface area contributed by atoms with Crippen molar-refractivity contribution in [3.05, 3.63) is 118 Å². The molecule has 10 atom stereocenters. The topological polar surface area (TPSA) is 97.5 Å². The minimum Gasteiger partial charge on any atom is -0.369 e. The number of nitrogens with one attached hydrogen (secondary N) is 6. The molecule has 4 fully saturated rings. The summed E-state index contributed by atoms with van der Waals surface area (Å²) in [6, 6.07) is 17.7. The molecule has 2 saturated carbocycles. The zero-order valence-electron chi connectivity index (χ0n) is 51.5. The Bertz CT molecular complexity index is 2400. The third-order valence-electron chi connectivity index (χ3n) is 19.4. The van der Waals surface area contributed by atoms with E-state index in [1.165, 1.54) is 81.3 Å². The maximum Gasteiger partial charge on any atom is 0.417 e. The average Bonchev–Trinajstić information content (AvgIpc) is 4.40. The number of allylic oxidation sites excluding steroid dienone is 5. The van der Waals surface area contributed by atoms with Crippen molar-refractivity contribution in [3.8, 4) is 0 Å². The number of rotatable bonds is 8. The van der Waals surface area contributed by atoms with Crippen molar-refractivity contribution >= 4 is 17.8 Å². The zero-order valence-corrected chi connectivity index (χ0v) is 52.2. The van der Waals surface area contributed by atoms with E-state index in [9.17, 15) is 13.2 Å². The molecule has 0 aromatic heterocycles. The van der Waals surface area contributed by atoms with E-state index in [2.05, 4.69) is 171 Å². The molecule has 6 N–H and O–H groups in total. The molecule has 7 rings (SSSR count). The Labute approximate surface area is 492 Å². The van der Waals surface area contributed by atoms with E-state index in [-0.39, 0.29) is 16.6 Å². The summed E-state index contributed by atoms with van der Waals surface area (Å²) in [4.78, 5) is 14.9. The Morgan fingerprint density at radius 2 is 1.54 bits per heavy atom. The second-order valence-electron chi connectivity index (χ2n) is 25.4. The van der Waals surface area contributed by atoms with Crippen molar-refractivity contribution in [1.29, 1.82) is 0 Å². The van der Waals surface area contributed by atoms with Gasteiger partial charge in [0.2, 0.25) is 0 Å². The fourth-order valence-corrected chi connectivity index (χ4v) is 13.9. The van der Waals surface area contributed by atoms with E-state index >= 15 is 0 Å². The molecule has 4 unspecified atom stereocenters. The van der Waals surface area contributed by atoms with Gasteiger partial charge in [-0.15, -0.1) is 0 Å². The lowest BCUT2D eigenvalue weighted by atomic mass is 9.80. The number of fused-ring (bicyclic) bond motifs is 2. The molecule has 2 aliphatic carbocycles. The number of nitrogens with zero attached hydrogens (tertiary/aromatic N) is 5. The highest BCUT2D eigenvalue weighted by Gasteiger charge is 2.47. The van der Waals surface area contributed by atoms with E-state index in [0.29, 0.717) is 73.5 Å². The lowest BCUT2D eigenvalue weighted by Gasteiger charge is -2.55. The summed E-state index contributed by atoms with van der Waals surface area (Å²) in [7, 11) is 4.26.